The van der Waals surface area contributed by atoms with Crippen LogP contribution in [0.4, 0.5) is 21.5 Å². The molecule has 34 heavy (non-hydrogen) atoms. The molecule has 3 aromatic rings. The third-order valence-electron chi connectivity index (χ3n) is 4.81. The van der Waals surface area contributed by atoms with E-state index < -0.39 is 44.8 Å². The summed E-state index contributed by atoms with van der Waals surface area (Å²) in [5.74, 6) is -2.70. The minimum atomic E-state index is -4.15. The molecule has 3 rings (SSSR count). The van der Waals surface area contributed by atoms with Crippen molar-refractivity contribution >= 4 is 39.0 Å². The first-order valence-electron chi connectivity index (χ1n) is 10.3. The first-order valence-corrected chi connectivity index (χ1v) is 11.8. The standard InChI is InChI=1S/C24H24FN3O5S/c1-16(2)28(19-10-8-18(9-11-19)27-17-6-4-3-5-7-17)23(29)15-33-24(30)21-14-20(34(26,31)32)12-13-22(21)25/h3-14,16,27H,15H2,1-2H3,(H2,26,31,32). The van der Waals surface area contributed by atoms with Gasteiger partial charge in [-0.3, -0.25) is 4.79 Å². The highest BCUT2D eigenvalue weighted by atomic mass is 32.2. The number of carbonyl (C=O) groups is 2. The van der Waals surface area contributed by atoms with Crippen molar-refractivity contribution < 1.29 is 27.1 Å². The zero-order chi connectivity index (χ0) is 24.9. The van der Waals surface area contributed by atoms with Crippen molar-refractivity contribution in [2.45, 2.75) is 24.8 Å². The summed E-state index contributed by atoms with van der Waals surface area (Å²) in [5, 5.41) is 8.27. The number of amides is 1. The Morgan fingerprint density at radius 2 is 1.62 bits per heavy atom. The van der Waals surface area contributed by atoms with E-state index in [1.54, 1.807) is 26.0 Å². The summed E-state index contributed by atoms with van der Waals surface area (Å²) in [4.78, 5) is 26.1. The third-order valence-corrected chi connectivity index (χ3v) is 5.72. The highest BCUT2D eigenvalue weighted by molar-refractivity contribution is 7.89. The molecular formula is C24H24FN3O5S. The van der Waals surface area contributed by atoms with Crippen molar-refractivity contribution in [2.75, 3.05) is 16.8 Å². The van der Waals surface area contributed by atoms with Gasteiger partial charge in [-0.05, 0) is 68.4 Å². The second-order valence-corrected chi connectivity index (χ2v) is 9.22. The van der Waals surface area contributed by atoms with Crippen LogP contribution < -0.4 is 15.4 Å². The number of nitrogens with one attached hydrogen (secondary N) is 1. The van der Waals surface area contributed by atoms with Crippen LogP contribution in [0.3, 0.4) is 0 Å². The highest BCUT2D eigenvalue weighted by Crippen LogP contribution is 2.23. The lowest BCUT2D eigenvalue weighted by Crippen LogP contribution is -2.40. The quantitative estimate of drug-likeness (QED) is 0.468. The van der Waals surface area contributed by atoms with Crippen LogP contribution in [-0.4, -0.2) is 32.9 Å². The van der Waals surface area contributed by atoms with Crippen LogP contribution in [0.15, 0.2) is 77.7 Å². The third kappa shape index (κ3) is 6.18. The predicted octanol–water partition coefficient (Wildman–Crippen LogP) is 3.82. The maximum atomic E-state index is 14.0. The Bertz CT molecular complexity index is 1280. The average Bonchev–Trinajstić information content (AvgIpc) is 2.79. The number of hydrogen-bond donors (Lipinski definition) is 2. The van der Waals surface area contributed by atoms with Gasteiger partial charge in [-0.25, -0.2) is 22.7 Å². The summed E-state index contributed by atoms with van der Waals surface area (Å²) >= 11 is 0. The lowest BCUT2D eigenvalue weighted by atomic mass is 10.2. The zero-order valence-corrected chi connectivity index (χ0v) is 19.4. The molecule has 0 fully saturated rings. The van der Waals surface area contributed by atoms with Gasteiger partial charge in [-0.1, -0.05) is 18.2 Å². The maximum Gasteiger partial charge on any atom is 0.341 e. The van der Waals surface area contributed by atoms with Gasteiger partial charge in [0.05, 0.1) is 10.5 Å². The number of esters is 1. The highest BCUT2D eigenvalue weighted by Gasteiger charge is 2.23. The van der Waals surface area contributed by atoms with Gasteiger partial charge in [0.25, 0.3) is 5.91 Å². The van der Waals surface area contributed by atoms with Crippen molar-refractivity contribution in [1.29, 1.82) is 0 Å². The molecule has 3 N–H and O–H groups in total. The van der Waals surface area contributed by atoms with Crippen LogP contribution in [0.5, 0.6) is 0 Å². The Morgan fingerprint density at radius 3 is 2.21 bits per heavy atom. The number of hydrogen-bond acceptors (Lipinski definition) is 6. The van der Waals surface area contributed by atoms with E-state index >= 15 is 0 Å². The molecule has 10 heteroatoms. The molecule has 0 aromatic heterocycles. The van der Waals surface area contributed by atoms with E-state index in [4.69, 9.17) is 9.88 Å². The Labute approximate surface area is 197 Å². The van der Waals surface area contributed by atoms with E-state index in [-0.39, 0.29) is 6.04 Å². The first-order chi connectivity index (χ1) is 16.1. The van der Waals surface area contributed by atoms with Gasteiger partial charge >= 0.3 is 5.97 Å². The lowest BCUT2D eigenvalue weighted by Gasteiger charge is -2.27. The molecule has 0 heterocycles. The van der Waals surface area contributed by atoms with Crippen molar-refractivity contribution in [3.63, 3.8) is 0 Å². The van der Waals surface area contributed by atoms with E-state index in [9.17, 15) is 22.4 Å². The molecule has 3 aromatic carbocycles. The van der Waals surface area contributed by atoms with Crippen LogP contribution in [0.2, 0.25) is 0 Å². The number of anilines is 3. The van der Waals surface area contributed by atoms with E-state index in [0.717, 1.165) is 29.6 Å². The monoisotopic (exact) mass is 485 g/mol. The minimum Gasteiger partial charge on any atom is -0.452 e. The van der Waals surface area contributed by atoms with Gasteiger partial charge < -0.3 is 15.0 Å². The molecule has 0 aliphatic rings. The van der Waals surface area contributed by atoms with Crippen molar-refractivity contribution in [1.82, 2.24) is 0 Å². The summed E-state index contributed by atoms with van der Waals surface area (Å²) in [6.07, 6.45) is 0. The van der Waals surface area contributed by atoms with Gasteiger partial charge in [-0.15, -0.1) is 0 Å². The Kier molecular flexibility index (Phi) is 7.64. The van der Waals surface area contributed by atoms with Crippen LogP contribution >= 0.6 is 0 Å². The van der Waals surface area contributed by atoms with Gasteiger partial charge in [0.2, 0.25) is 10.0 Å². The molecule has 1 amide bonds. The fraction of sp³-hybridized carbons (Fsp3) is 0.167. The predicted molar refractivity (Wildman–Crippen MR) is 127 cm³/mol. The topological polar surface area (TPSA) is 119 Å². The van der Waals surface area contributed by atoms with Crippen molar-refractivity contribution in [3.8, 4) is 0 Å². The van der Waals surface area contributed by atoms with Gasteiger partial charge in [-0.2, -0.15) is 0 Å². The second kappa shape index (κ2) is 10.4. The molecule has 8 nitrogen and oxygen atoms in total. The Morgan fingerprint density at radius 1 is 1.00 bits per heavy atom. The number of rotatable bonds is 8. The number of nitrogens with zero attached hydrogens (tertiary/aromatic N) is 1. The van der Waals surface area contributed by atoms with E-state index in [1.807, 2.05) is 42.5 Å². The molecule has 0 aliphatic carbocycles. The number of para-hydroxylation sites is 1. The summed E-state index contributed by atoms with van der Waals surface area (Å²) in [7, 11) is -4.15. The summed E-state index contributed by atoms with van der Waals surface area (Å²) in [6.45, 7) is 2.93. The number of ether oxygens (including phenoxy) is 1. The molecule has 0 unspecified atom stereocenters. The fourth-order valence-corrected chi connectivity index (χ4v) is 3.78. The largest absolute Gasteiger partial charge is 0.452 e. The molecule has 0 bridgehead atoms. The first kappa shape index (κ1) is 24.9. The van der Waals surface area contributed by atoms with Gasteiger partial charge in [0.15, 0.2) is 6.61 Å². The summed E-state index contributed by atoms with van der Waals surface area (Å²) in [5.41, 5.74) is 1.68. The van der Waals surface area contributed by atoms with Crippen LogP contribution in [0, 0.1) is 5.82 Å². The zero-order valence-electron chi connectivity index (χ0n) is 18.6. The molecule has 0 saturated heterocycles. The van der Waals surface area contributed by atoms with Crippen LogP contribution in [0.25, 0.3) is 0 Å². The molecule has 0 aliphatic heterocycles. The number of carbonyl (C=O) groups excluding carboxylic acids is 2. The van der Waals surface area contributed by atoms with Crippen molar-refractivity contribution in [3.05, 3.63) is 84.2 Å². The fourth-order valence-electron chi connectivity index (χ4n) is 3.24. The summed E-state index contributed by atoms with van der Waals surface area (Å²) in [6, 6.07) is 18.9. The second-order valence-electron chi connectivity index (χ2n) is 7.66. The normalized spacial score (nSPS) is 11.2. The Balaban J connectivity index is 1.70. The lowest BCUT2D eigenvalue weighted by molar-refractivity contribution is -0.122. The molecule has 178 valence electrons. The smallest absolute Gasteiger partial charge is 0.341 e. The van der Waals surface area contributed by atoms with Crippen LogP contribution in [-0.2, 0) is 19.6 Å². The molecular weight excluding hydrogens is 461 g/mol. The van der Waals surface area contributed by atoms with Gasteiger partial charge in [0, 0.05) is 23.1 Å². The average molecular weight is 486 g/mol. The number of sulfonamides is 1. The SMILES string of the molecule is CC(C)N(C(=O)COC(=O)c1cc(S(N)(=O)=O)ccc1F)c1ccc(Nc2ccccc2)cc1. The number of halogens is 1. The van der Waals surface area contributed by atoms with Gasteiger partial charge in [0.1, 0.15) is 5.82 Å². The maximum absolute atomic E-state index is 14.0. The minimum absolute atomic E-state index is 0.262. The molecule has 0 atom stereocenters. The van der Waals surface area contributed by atoms with E-state index in [2.05, 4.69) is 5.32 Å². The molecule has 0 spiro atoms. The number of primary sulfonamides is 1. The molecule has 0 saturated carbocycles. The number of benzene rings is 3. The van der Waals surface area contributed by atoms with Crippen molar-refractivity contribution in [2.24, 2.45) is 5.14 Å². The molecule has 0 radical (unpaired) electrons. The van der Waals surface area contributed by atoms with E-state index in [1.165, 1.54) is 4.90 Å². The Hall–Kier alpha value is -3.76. The van der Waals surface area contributed by atoms with Crippen LogP contribution in [0.1, 0.15) is 24.2 Å². The van der Waals surface area contributed by atoms with E-state index in [0.29, 0.717) is 5.69 Å². The summed E-state index contributed by atoms with van der Waals surface area (Å²) < 4.78 is 42.0. The number of nitrogens with two attached hydrogens (primary N) is 1.